The van der Waals surface area contributed by atoms with Crippen LogP contribution in [0.5, 0.6) is 0 Å². The number of rotatable bonds is 5. The first-order chi connectivity index (χ1) is 10.2. The van der Waals surface area contributed by atoms with Gasteiger partial charge in [-0.2, -0.15) is 0 Å². The van der Waals surface area contributed by atoms with Gasteiger partial charge in [0.25, 0.3) is 5.91 Å². The van der Waals surface area contributed by atoms with E-state index in [0.717, 1.165) is 11.3 Å². The van der Waals surface area contributed by atoms with Crippen molar-refractivity contribution in [3.8, 4) is 0 Å². The van der Waals surface area contributed by atoms with Gasteiger partial charge >= 0.3 is 0 Å². The summed E-state index contributed by atoms with van der Waals surface area (Å²) in [5.41, 5.74) is 2.20. The van der Waals surface area contributed by atoms with Crippen molar-refractivity contribution in [1.29, 1.82) is 0 Å². The van der Waals surface area contributed by atoms with Gasteiger partial charge in [0.2, 0.25) is 0 Å². The number of carbonyl (C=O) groups is 1. The second-order valence-electron chi connectivity index (χ2n) is 4.74. The highest BCUT2D eigenvalue weighted by Gasteiger charge is 2.17. The van der Waals surface area contributed by atoms with E-state index < -0.39 is 0 Å². The van der Waals surface area contributed by atoms with E-state index in [1.165, 1.54) is 12.1 Å². The van der Waals surface area contributed by atoms with Crippen molar-refractivity contribution in [1.82, 2.24) is 4.90 Å². The standard InChI is InChI=1S/C17H19FN2O/c1-3-20(12-13-7-6-8-14(18)11-13)17(21)15-9-4-5-10-16(15)19-2/h4-11,19H,3,12H2,1-2H3. The molecule has 2 aromatic carbocycles. The number of nitrogens with one attached hydrogen (secondary N) is 1. The Morgan fingerprint density at radius 3 is 2.62 bits per heavy atom. The summed E-state index contributed by atoms with van der Waals surface area (Å²) in [6, 6.07) is 13.7. The second-order valence-corrected chi connectivity index (χ2v) is 4.74. The molecule has 110 valence electrons. The molecule has 0 radical (unpaired) electrons. The Bertz CT molecular complexity index is 628. The van der Waals surface area contributed by atoms with Crippen molar-refractivity contribution in [3.63, 3.8) is 0 Å². The van der Waals surface area contributed by atoms with Gasteiger partial charge in [0, 0.05) is 25.8 Å². The van der Waals surface area contributed by atoms with Crippen LogP contribution >= 0.6 is 0 Å². The first kappa shape index (κ1) is 15.0. The number of para-hydroxylation sites is 1. The van der Waals surface area contributed by atoms with Gasteiger partial charge in [0.15, 0.2) is 0 Å². The minimum absolute atomic E-state index is 0.0632. The minimum Gasteiger partial charge on any atom is -0.387 e. The average molecular weight is 286 g/mol. The fraction of sp³-hybridized carbons (Fsp3) is 0.235. The fourth-order valence-electron chi connectivity index (χ4n) is 2.24. The molecular weight excluding hydrogens is 267 g/mol. The summed E-state index contributed by atoms with van der Waals surface area (Å²) < 4.78 is 13.3. The third kappa shape index (κ3) is 3.60. The van der Waals surface area contributed by atoms with E-state index in [2.05, 4.69) is 5.32 Å². The average Bonchev–Trinajstić information content (AvgIpc) is 2.52. The Morgan fingerprint density at radius 1 is 1.19 bits per heavy atom. The number of halogens is 1. The molecule has 4 heteroatoms. The highest BCUT2D eigenvalue weighted by molar-refractivity contribution is 5.99. The molecule has 21 heavy (non-hydrogen) atoms. The molecule has 2 rings (SSSR count). The van der Waals surface area contributed by atoms with Crippen LogP contribution in [0.25, 0.3) is 0 Å². The lowest BCUT2D eigenvalue weighted by Gasteiger charge is -2.22. The number of benzene rings is 2. The fourth-order valence-corrected chi connectivity index (χ4v) is 2.24. The number of anilines is 1. The van der Waals surface area contributed by atoms with Crippen molar-refractivity contribution < 1.29 is 9.18 Å². The Kier molecular flexibility index (Phi) is 4.93. The van der Waals surface area contributed by atoms with Gasteiger partial charge in [-0.15, -0.1) is 0 Å². The molecule has 0 bridgehead atoms. The molecule has 2 aromatic rings. The van der Waals surface area contributed by atoms with Crippen molar-refractivity contribution in [2.75, 3.05) is 18.9 Å². The monoisotopic (exact) mass is 286 g/mol. The van der Waals surface area contributed by atoms with Crippen molar-refractivity contribution in [2.24, 2.45) is 0 Å². The lowest BCUT2D eigenvalue weighted by molar-refractivity contribution is 0.0753. The Balaban J connectivity index is 2.22. The molecule has 0 atom stereocenters. The van der Waals surface area contributed by atoms with Crippen LogP contribution in [0, 0.1) is 5.82 Å². The summed E-state index contributed by atoms with van der Waals surface area (Å²) in [5.74, 6) is -0.349. The number of hydrogen-bond acceptors (Lipinski definition) is 2. The molecule has 0 saturated heterocycles. The second kappa shape index (κ2) is 6.88. The lowest BCUT2D eigenvalue weighted by Crippen LogP contribution is -2.30. The van der Waals surface area contributed by atoms with Crippen LogP contribution in [0.4, 0.5) is 10.1 Å². The number of hydrogen-bond donors (Lipinski definition) is 1. The van der Waals surface area contributed by atoms with E-state index in [1.807, 2.05) is 31.2 Å². The van der Waals surface area contributed by atoms with Gasteiger partial charge < -0.3 is 10.2 Å². The van der Waals surface area contributed by atoms with Crippen LogP contribution in [0.2, 0.25) is 0 Å². The third-order valence-electron chi connectivity index (χ3n) is 3.36. The minimum atomic E-state index is -0.286. The zero-order chi connectivity index (χ0) is 15.2. The predicted molar refractivity (Wildman–Crippen MR) is 82.8 cm³/mol. The molecular formula is C17H19FN2O. The highest BCUT2D eigenvalue weighted by atomic mass is 19.1. The van der Waals surface area contributed by atoms with Crippen LogP contribution in [0.3, 0.4) is 0 Å². The molecule has 0 saturated carbocycles. The van der Waals surface area contributed by atoms with E-state index in [1.54, 1.807) is 24.1 Å². The molecule has 0 fully saturated rings. The molecule has 0 aromatic heterocycles. The SMILES string of the molecule is CCN(Cc1cccc(F)c1)C(=O)c1ccccc1NC. The predicted octanol–water partition coefficient (Wildman–Crippen LogP) is 3.53. The first-order valence-corrected chi connectivity index (χ1v) is 6.96. The number of carbonyl (C=O) groups excluding carboxylic acids is 1. The number of amides is 1. The molecule has 0 heterocycles. The summed E-state index contributed by atoms with van der Waals surface area (Å²) >= 11 is 0. The van der Waals surface area contributed by atoms with Crippen molar-refractivity contribution in [2.45, 2.75) is 13.5 Å². The zero-order valence-corrected chi connectivity index (χ0v) is 12.3. The maximum absolute atomic E-state index is 13.3. The molecule has 1 N–H and O–H groups in total. The van der Waals surface area contributed by atoms with Crippen LogP contribution in [-0.2, 0) is 6.54 Å². The molecule has 0 aliphatic carbocycles. The molecule has 0 aliphatic heterocycles. The maximum Gasteiger partial charge on any atom is 0.256 e. The zero-order valence-electron chi connectivity index (χ0n) is 12.3. The summed E-state index contributed by atoms with van der Waals surface area (Å²) in [6.45, 7) is 2.87. The summed E-state index contributed by atoms with van der Waals surface area (Å²) in [4.78, 5) is 14.3. The van der Waals surface area contributed by atoms with Crippen LogP contribution < -0.4 is 5.32 Å². The number of nitrogens with zero attached hydrogens (tertiary/aromatic N) is 1. The van der Waals surface area contributed by atoms with E-state index in [9.17, 15) is 9.18 Å². The molecule has 1 amide bonds. The van der Waals surface area contributed by atoms with E-state index in [0.29, 0.717) is 18.7 Å². The molecule has 0 unspecified atom stereocenters. The van der Waals surface area contributed by atoms with Crippen LogP contribution in [0.1, 0.15) is 22.8 Å². The van der Waals surface area contributed by atoms with Crippen LogP contribution in [0.15, 0.2) is 48.5 Å². The lowest BCUT2D eigenvalue weighted by atomic mass is 10.1. The van der Waals surface area contributed by atoms with Gasteiger partial charge in [-0.25, -0.2) is 4.39 Å². The van der Waals surface area contributed by atoms with Crippen molar-refractivity contribution in [3.05, 3.63) is 65.5 Å². The smallest absolute Gasteiger partial charge is 0.256 e. The molecule has 0 aliphatic rings. The topological polar surface area (TPSA) is 32.3 Å². The van der Waals surface area contributed by atoms with Crippen LogP contribution in [-0.4, -0.2) is 24.4 Å². The van der Waals surface area contributed by atoms with Gasteiger partial charge in [-0.3, -0.25) is 4.79 Å². The maximum atomic E-state index is 13.3. The van der Waals surface area contributed by atoms with Crippen molar-refractivity contribution >= 4 is 11.6 Å². The summed E-state index contributed by atoms with van der Waals surface area (Å²) in [7, 11) is 1.79. The quantitative estimate of drug-likeness (QED) is 0.912. The highest BCUT2D eigenvalue weighted by Crippen LogP contribution is 2.18. The Hall–Kier alpha value is -2.36. The summed E-state index contributed by atoms with van der Waals surface area (Å²) in [5, 5.41) is 3.02. The third-order valence-corrected chi connectivity index (χ3v) is 3.36. The Labute approximate surface area is 124 Å². The van der Waals surface area contributed by atoms with E-state index in [-0.39, 0.29) is 11.7 Å². The van der Waals surface area contributed by atoms with E-state index >= 15 is 0 Å². The van der Waals surface area contributed by atoms with E-state index in [4.69, 9.17) is 0 Å². The Morgan fingerprint density at radius 2 is 1.95 bits per heavy atom. The van der Waals surface area contributed by atoms with Gasteiger partial charge in [-0.1, -0.05) is 24.3 Å². The molecule has 0 spiro atoms. The van der Waals surface area contributed by atoms with Gasteiger partial charge in [0.05, 0.1) is 5.56 Å². The first-order valence-electron chi connectivity index (χ1n) is 6.96. The van der Waals surface area contributed by atoms with Gasteiger partial charge in [0.1, 0.15) is 5.82 Å². The largest absolute Gasteiger partial charge is 0.387 e. The van der Waals surface area contributed by atoms with Gasteiger partial charge in [-0.05, 0) is 36.8 Å². The molecule has 3 nitrogen and oxygen atoms in total. The summed E-state index contributed by atoms with van der Waals surface area (Å²) in [6.07, 6.45) is 0. The normalized spacial score (nSPS) is 10.2.